The van der Waals surface area contributed by atoms with Gasteiger partial charge in [-0.2, -0.15) is 0 Å². The molecule has 2 aromatic heterocycles. The van der Waals surface area contributed by atoms with E-state index in [1.54, 1.807) is 24.3 Å². The molecule has 0 aliphatic carbocycles. The van der Waals surface area contributed by atoms with Crippen molar-refractivity contribution in [2.75, 3.05) is 5.32 Å². The van der Waals surface area contributed by atoms with E-state index in [9.17, 15) is 14.4 Å². The van der Waals surface area contributed by atoms with Crippen molar-refractivity contribution >= 4 is 38.9 Å². The molecule has 0 saturated heterocycles. The number of fused-ring (bicyclic) bond motifs is 1. The normalized spacial score (nSPS) is 10.9. The minimum absolute atomic E-state index is 0.0841. The Kier molecular flexibility index (Phi) is 5.29. The van der Waals surface area contributed by atoms with E-state index in [-0.39, 0.29) is 23.8 Å². The first kappa shape index (κ1) is 19.7. The quantitative estimate of drug-likeness (QED) is 0.492. The maximum absolute atomic E-state index is 13.0. The summed E-state index contributed by atoms with van der Waals surface area (Å²) in [5.74, 6) is -0.450. The Morgan fingerprint density at radius 1 is 1.10 bits per heavy atom. The van der Waals surface area contributed by atoms with Gasteiger partial charge < -0.3 is 5.32 Å². The number of aryl methyl sites for hydroxylation is 1. The number of hydrogen-bond acceptors (Lipinski definition) is 5. The van der Waals surface area contributed by atoms with E-state index in [0.717, 1.165) is 16.0 Å². The van der Waals surface area contributed by atoms with Crippen LogP contribution in [0.5, 0.6) is 0 Å². The number of amides is 1. The van der Waals surface area contributed by atoms with Crippen LogP contribution in [-0.4, -0.2) is 21.2 Å². The molecule has 0 atom stereocenters. The van der Waals surface area contributed by atoms with E-state index in [4.69, 9.17) is 0 Å². The molecule has 2 heterocycles. The molecule has 4 aromatic rings. The number of aromatic nitrogens is 2. The summed E-state index contributed by atoms with van der Waals surface area (Å²) in [4.78, 5) is 43.1. The maximum Gasteiger partial charge on any atom is 0.262 e. The van der Waals surface area contributed by atoms with Gasteiger partial charge in [-0.15, -0.1) is 11.3 Å². The lowest BCUT2D eigenvalue weighted by Crippen LogP contribution is -2.27. The molecule has 0 fully saturated rings. The molecule has 1 N–H and O–H groups in total. The molecule has 0 aliphatic heterocycles. The first-order valence-corrected chi connectivity index (χ1v) is 10.2. The van der Waals surface area contributed by atoms with Gasteiger partial charge in [-0.05, 0) is 37.1 Å². The summed E-state index contributed by atoms with van der Waals surface area (Å²) in [5, 5.41) is 3.27. The Balaban J connectivity index is 1.62. The molecule has 0 unspecified atom stereocenters. The van der Waals surface area contributed by atoms with E-state index in [1.807, 2.05) is 37.3 Å². The molecule has 6 nitrogen and oxygen atoms in total. The number of carbonyl (C=O) groups excluding carboxylic acids is 2. The topological polar surface area (TPSA) is 81.1 Å². The van der Waals surface area contributed by atoms with Crippen LogP contribution in [0.1, 0.15) is 22.8 Å². The van der Waals surface area contributed by atoms with Crippen LogP contribution in [0.4, 0.5) is 5.69 Å². The minimum Gasteiger partial charge on any atom is -0.325 e. The van der Waals surface area contributed by atoms with Crippen molar-refractivity contribution in [1.82, 2.24) is 9.55 Å². The van der Waals surface area contributed by atoms with Gasteiger partial charge in [0.2, 0.25) is 5.91 Å². The fraction of sp³-hybridized carbons (Fsp3) is 0.130. The molecule has 0 saturated carbocycles. The first-order chi connectivity index (χ1) is 14.4. The van der Waals surface area contributed by atoms with Crippen LogP contribution >= 0.6 is 11.3 Å². The molecule has 2 aromatic carbocycles. The van der Waals surface area contributed by atoms with E-state index >= 15 is 0 Å². The number of nitrogens with one attached hydrogen (secondary N) is 1. The van der Waals surface area contributed by atoms with Crippen molar-refractivity contribution in [3.05, 3.63) is 82.4 Å². The lowest BCUT2D eigenvalue weighted by molar-refractivity contribution is -0.116. The Bertz CT molecular complexity index is 1320. The zero-order valence-corrected chi connectivity index (χ0v) is 17.3. The van der Waals surface area contributed by atoms with Crippen LogP contribution in [0.2, 0.25) is 0 Å². The largest absolute Gasteiger partial charge is 0.325 e. The van der Waals surface area contributed by atoms with Gasteiger partial charge in [0.1, 0.15) is 11.4 Å². The number of carbonyl (C=O) groups is 2. The number of hydrogen-bond donors (Lipinski definition) is 1. The van der Waals surface area contributed by atoms with Crippen LogP contribution in [0.15, 0.2) is 65.7 Å². The Morgan fingerprint density at radius 2 is 1.87 bits per heavy atom. The molecule has 150 valence electrons. The third-order valence-corrected chi connectivity index (χ3v) is 6.07. The highest BCUT2D eigenvalue weighted by atomic mass is 32.1. The van der Waals surface area contributed by atoms with Gasteiger partial charge in [0.15, 0.2) is 5.78 Å². The molecule has 0 aliphatic rings. The highest BCUT2D eigenvalue weighted by molar-refractivity contribution is 7.22. The maximum atomic E-state index is 13.0. The molecule has 1 amide bonds. The third kappa shape index (κ3) is 3.79. The second-order valence-electron chi connectivity index (χ2n) is 6.97. The average molecular weight is 417 g/mol. The summed E-state index contributed by atoms with van der Waals surface area (Å²) < 4.78 is 1.31. The van der Waals surface area contributed by atoms with Crippen molar-refractivity contribution in [1.29, 1.82) is 0 Å². The molecule has 4 rings (SSSR count). The van der Waals surface area contributed by atoms with Crippen molar-refractivity contribution < 1.29 is 9.59 Å². The Morgan fingerprint density at radius 3 is 2.60 bits per heavy atom. The first-order valence-electron chi connectivity index (χ1n) is 9.39. The molecule has 30 heavy (non-hydrogen) atoms. The molecule has 0 radical (unpaired) electrons. The number of ketones is 1. The molecule has 7 heteroatoms. The van der Waals surface area contributed by atoms with Crippen molar-refractivity contribution in [2.45, 2.75) is 20.4 Å². The fourth-order valence-electron chi connectivity index (χ4n) is 3.31. The predicted octanol–water partition coefficient (Wildman–Crippen LogP) is 4.27. The number of thiophene rings is 1. The SMILES string of the molecule is CC(=O)c1cccc(NC(=O)Cn2cnc3sc(-c4ccccc4)c(C)c3c2=O)c1. The summed E-state index contributed by atoms with van der Waals surface area (Å²) >= 11 is 1.47. The summed E-state index contributed by atoms with van der Waals surface area (Å²) in [5.41, 5.74) is 2.67. The highest BCUT2D eigenvalue weighted by Crippen LogP contribution is 2.35. The average Bonchev–Trinajstić information content (AvgIpc) is 3.08. The fourth-order valence-corrected chi connectivity index (χ4v) is 4.45. The van der Waals surface area contributed by atoms with Crippen LogP contribution in [0, 0.1) is 6.92 Å². The van der Waals surface area contributed by atoms with Gasteiger partial charge in [0.25, 0.3) is 5.56 Å². The number of anilines is 1. The zero-order chi connectivity index (χ0) is 21.3. The van der Waals surface area contributed by atoms with Gasteiger partial charge in [0, 0.05) is 16.1 Å². The third-order valence-electron chi connectivity index (χ3n) is 4.82. The smallest absolute Gasteiger partial charge is 0.262 e. The highest BCUT2D eigenvalue weighted by Gasteiger charge is 2.16. The van der Waals surface area contributed by atoms with Crippen LogP contribution < -0.4 is 10.9 Å². The monoisotopic (exact) mass is 417 g/mol. The molecular weight excluding hydrogens is 398 g/mol. The molecular formula is C23H19N3O3S. The summed E-state index contributed by atoms with van der Waals surface area (Å²) in [7, 11) is 0. The van der Waals surface area contributed by atoms with Gasteiger partial charge in [0.05, 0.1) is 11.7 Å². The lowest BCUT2D eigenvalue weighted by Gasteiger charge is -2.08. The molecule has 0 bridgehead atoms. The van der Waals surface area contributed by atoms with Gasteiger partial charge in [-0.25, -0.2) is 4.98 Å². The molecule has 0 spiro atoms. The Hall–Kier alpha value is -3.58. The minimum atomic E-state index is -0.366. The number of Topliss-reactive ketones (excluding diaryl/α,β-unsaturated/α-hetero) is 1. The summed E-state index contributed by atoms with van der Waals surface area (Å²) in [6.45, 7) is 3.21. The van der Waals surface area contributed by atoms with E-state index in [0.29, 0.717) is 21.5 Å². The van der Waals surface area contributed by atoms with Crippen molar-refractivity contribution in [3.63, 3.8) is 0 Å². The van der Waals surface area contributed by atoms with Gasteiger partial charge in [-0.1, -0.05) is 42.5 Å². The number of rotatable bonds is 5. The van der Waals surface area contributed by atoms with Crippen LogP contribution in [0.25, 0.3) is 20.7 Å². The predicted molar refractivity (Wildman–Crippen MR) is 119 cm³/mol. The summed E-state index contributed by atoms with van der Waals surface area (Å²) in [6, 6.07) is 16.5. The second-order valence-corrected chi connectivity index (χ2v) is 7.96. The van der Waals surface area contributed by atoms with Gasteiger partial charge in [-0.3, -0.25) is 19.0 Å². The number of nitrogens with zero attached hydrogens (tertiary/aromatic N) is 2. The van der Waals surface area contributed by atoms with Crippen molar-refractivity contribution in [2.24, 2.45) is 0 Å². The van der Waals surface area contributed by atoms with Gasteiger partial charge >= 0.3 is 0 Å². The van der Waals surface area contributed by atoms with Crippen LogP contribution in [-0.2, 0) is 11.3 Å². The standard InChI is InChI=1S/C23H19N3O3S/c1-14-20-22(30-21(14)16-7-4-3-5-8-16)24-13-26(23(20)29)12-19(28)25-18-10-6-9-17(11-18)15(2)27/h3-11,13H,12H2,1-2H3,(H,25,28). The lowest BCUT2D eigenvalue weighted by atomic mass is 10.1. The van der Waals surface area contributed by atoms with E-state index < -0.39 is 0 Å². The zero-order valence-electron chi connectivity index (χ0n) is 16.5. The van der Waals surface area contributed by atoms with E-state index in [2.05, 4.69) is 10.3 Å². The van der Waals surface area contributed by atoms with Crippen molar-refractivity contribution in [3.8, 4) is 10.4 Å². The Labute approximate surface area is 176 Å². The second kappa shape index (κ2) is 8.04. The van der Waals surface area contributed by atoms with E-state index in [1.165, 1.54) is 29.2 Å². The van der Waals surface area contributed by atoms with Crippen LogP contribution in [0.3, 0.4) is 0 Å². The number of benzene rings is 2. The summed E-state index contributed by atoms with van der Waals surface area (Å²) in [6.07, 6.45) is 1.40.